The normalized spacial score (nSPS) is 10.7. The van der Waals surface area contributed by atoms with Crippen molar-refractivity contribution >= 4 is 5.91 Å². The van der Waals surface area contributed by atoms with Gasteiger partial charge in [-0.3, -0.25) is 9.78 Å². The van der Waals surface area contributed by atoms with Gasteiger partial charge in [-0.15, -0.1) is 0 Å². The molecule has 0 aliphatic heterocycles. The first kappa shape index (κ1) is 19.5. The van der Waals surface area contributed by atoms with Gasteiger partial charge in [0.15, 0.2) is 17.5 Å². The molecule has 3 aromatic rings. The van der Waals surface area contributed by atoms with Crippen molar-refractivity contribution in [2.75, 3.05) is 6.54 Å². The van der Waals surface area contributed by atoms with Gasteiger partial charge in [0.2, 0.25) is 0 Å². The molecular weight excluding hydrogens is 372 g/mol. The van der Waals surface area contributed by atoms with Crippen LogP contribution in [0.3, 0.4) is 0 Å². The lowest BCUT2D eigenvalue weighted by Crippen LogP contribution is -2.33. The maximum absolute atomic E-state index is 13.5. The van der Waals surface area contributed by atoms with Crippen molar-refractivity contribution in [3.8, 4) is 0 Å². The van der Waals surface area contributed by atoms with Crippen molar-refractivity contribution in [3.05, 3.63) is 101 Å². The highest BCUT2D eigenvalue weighted by Gasteiger charge is 2.20. The summed E-state index contributed by atoms with van der Waals surface area (Å²) >= 11 is 0. The van der Waals surface area contributed by atoms with Gasteiger partial charge in [0.05, 0.1) is 0 Å². The molecule has 1 aromatic heterocycles. The molecular formula is C21H16F4N2O. The van der Waals surface area contributed by atoms with Crippen molar-refractivity contribution < 1.29 is 22.4 Å². The number of pyridine rings is 1. The van der Waals surface area contributed by atoms with Crippen LogP contribution in [0.25, 0.3) is 0 Å². The number of carbonyl (C=O) groups is 1. The highest BCUT2D eigenvalue weighted by Crippen LogP contribution is 2.17. The molecule has 1 amide bonds. The van der Waals surface area contributed by atoms with Crippen molar-refractivity contribution in [1.29, 1.82) is 0 Å². The van der Waals surface area contributed by atoms with Crippen molar-refractivity contribution in [3.63, 3.8) is 0 Å². The van der Waals surface area contributed by atoms with E-state index in [9.17, 15) is 22.4 Å². The summed E-state index contributed by atoms with van der Waals surface area (Å²) in [5.74, 6) is -5.59. The average molecular weight is 388 g/mol. The number of amides is 1. The smallest absolute Gasteiger partial charge is 0.254 e. The molecule has 0 spiro atoms. The zero-order valence-electron chi connectivity index (χ0n) is 14.7. The van der Waals surface area contributed by atoms with E-state index in [0.717, 1.165) is 5.69 Å². The highest BCUT2D eigenvalue weighted by molar-refractivity contribution is 5.94. The Hall–Kier alpha value is -3.22. The van der Waals surface area contributed by atoms with Crippen molar-refractivity contribution in [2.45, 2.75) is 13.0 Å². The molecule has 1 heterocycles. The van der Waals surface area contributed by atoms with Crippen LogP contribution < -0.4 is 0 Å². The standard InChI is InChI=1S/C21H16F4N2O/c22-16-6-4-14(5-7-16)13-27(10-8-17-3-1-2-9-26-17)21(28)15-11-18(23)20(25)19(24)12-15/h1-7,9,11-12H,8,10,13H2. The minimum absolute atomic E-state index is 0.0898. The number of benzene rings is 2. The molecule has 0 atom stereocenters. The van der Waals surface area contributed by atoms with Gasteiger partial charge in [-0.25, -0.2) is 17.6 Å². The Labute approximate surface area is 159 Å². The molecule has 28 heavy (non-hydrogen) atoms. The van der Waals surface area contributed by atoms with Gasteiger partial charge in [-0.05, 0) is 42.0 Å². The molecule has 0 aliphatic carbocycles. The second kappa shape index (κ2) is 8.65. The van der Waals surface area contributed by atoms with Crippen LogP contribution in [0.1, 0.15) is 21.6 Å². The van der Waals surface area contributed by atoms with Gasteiger partial charge >= 0.3 is 0 Å². The van der Waals surface area contributed by atoms with Crippen LogP contribution in [0.4, 0.5) is 17.6 Å². The topological polar surface area (TPSA) is 33.2 Å². The van der Waals surface area contributed by atoms with E-state index in [4.69, 9.17) is 0 Å². The van der Waals surface area contributed by atoms with E-state index in [2.05, 4.69) is 4.98 Å². The molecule has 0 radical (unpaired) electrons. The monoisotopic (exact) mass is 388 g/mol. The largest absolute Gasteiger partial charge is 0.334 e. The van der Waals surface area contributed by atoms with E-state index in [0.29, 0.717) is 24.1 Å². The zero-order valence-corrected chi connectivity index (χ0v) is 14.7. The molecule has 0 saturated heterocycles. The summed E-state index contributed by atoms with van der Waals surface area (Å²) in [7, 11) is 0. The van der Waals surface area contributed by atoms with E-state index in [1.165, 1.54) is 29.2 Å². The van der Waals surface area contributed by atoms with Gasteiger partial charge in [0.1, 0.15) is 5.82 Å². The summed E-state index contributed by atoms with van der Waals surface area (Å²) < 4.78 is 53.4. The number of rotatable bonds is 6. The fourth-order valence-corrected chi connectivity index (χ4v) is 2.72. The molecule has 3 rings (SSSR count). The maximum atomic E-state index is 13.5. The molecule has 0 unspecified atom stereocenters. The first-order valence-electron chi connectivity index (χ1n) is 8.52. The van der Waals surface area contributed by atoms with E-state index in [1.54, 1.807) is 24.4 Å². The fraction of sp³-hybridized carbons (Fsp3) is 0.143. The molecule has 0 bridgehead atoms. The molecule has 0 saturated carbocycles. The van der Waals surface area contributed by atoms with Gasteiger partial charge in [0.25, 0.3) is 5.91 Å². The first-order chi connectivity index (χ1) is 13.4. The summed E-state index contributed by atoms with van der Waals surface area (Å²) in [5, 5.41) is 0. The summed E-state index contributed by atoms with van der Waals surface area (Å²) in [5.41, 5.74) is 1.06. The number of nitrogens with zero attached hydrogens (tertiary/aromatic N) is 2. The summed E-state index contributed by atoms with van der Waals surface area (Å²) in [6.45, 7) is 0.292. The molecule has 144 valence electrons. The lowest BCUT2D eigenvalue weighted by Gasteiger charge is -2.23. The zero-order chi connectivity index (χ0) is 20.1. The number of hydrogen-bond acceptors (Lipinski definition) is 2. The van der Waals surface area contributed by atoms with Crippen LogP contribution in [0.5, 0.6) is 0 Å². The second-order valence-corrected chi connectivity index (χ2v) is 6.18. The lowest BCUT2D eigenvalue weighted by molar-refractivity contribution is 0.0743. The quantitative estimate of drug-likeness (QED) is 0.459. The summed E-state index contributed by atoms with van der Waals surface area (Å²) in [6.07, 6.45) is 2.02. The third-order valence-corrected chi connectivity index (χ3v) is 4.17. The van der Waals surface area contributed by atoms with E-state index in [1.807, 2.05) is 0 Å². The Morgan fingerprint density at radius 3 is 2.21 bits per heavy atom. The van der Waals surface area contributed by atoms with Crippen LogP contribution in [0.2, 0.25) is 0 Å². The number of aromatic nitrogens is 1. The minimum atomic E-state index is -1.63. The third kappa shape index (κ3) is 4.73. The van der Waals surface area contributed by atoms with Crippen LogP contribution >= 0.6 is 0 Å². The molecule has 0 aliphatic rings. The maximum Gasteiger partial charge on any atom is 0.254 e. The lowest BCUT2D eigenvalue weighted by atomic mass is 10.1. The minimum Gasteiger partial charge on any atom is -0.334 e. The van der Waals surface area contributed by atoms with Crippen LogP contribution in [0, 0.1) is 23.3 Å². The third-order valence-electron chi connectivity index (χ3n) is 4.17. The predicted octanol–water partition coefficient (Wildman–Crippen LogP) is 4.52. The van der Waals surface area contributed by atoms with E-state index in [-0.39, 0.29) is 18.7 Å². The highest BCUT2D eigenvalue weighted by atomic mass is 19.2. The SMILES string of the molecule is O=C(c1cc(F)c(F)c(F)c1)N(CCc1ccccn1)Cc1ccc(F)cc1. The number of hydrogen-bond donors (Lipinski definition) is 0. The molecule has 3 nitrogen and oxygen atoms in total. The number of halogens is 4. The van der Waals surface area contributed by atoms with Crippen LogP contribution in [-0.2, 0) is 13.0 Å². The van der Waals surface area contributed by atoms with E-state index >= 15 is 0 Å². The van der Waals surface area contributed by atoms with Crippen molar-refractivity contribution in [2.24, 2.45) is 0 Å². The summed E-state index contributed by atoms with van der Waals surface area (Å²) in [4.78, 5) is 18.4. The van der Waals surface area contributed by atoms with Crippen LogP contribution in [-0.4, -0.2) is 22.3 Å². The first-order valence-corrected chi connectivity index (χ1v) is 8.52. The Balaban J connectivity index is 1.85. The molecule has 7 heteroatoms. The van der Waals surface area contributed by atoms with E-state index < -0.39 is 29.2 Å². The van der Waals surface area contributed by atoms with Crippen molar-refractivity contribution in [1.82, 2.24) is 9.88 Å². The number of carbonyl (C=O) groups excluding carboxylic acids is 1. The Bertz CT molecular complexity index is 939. The van der Waals surface area contributed by atoms with Gasteiger partial charge in [0, 0.05) is 37.0 Å². The Morgan fingerprint density at radius 1 is 0.929 bits per heavy atom. The molecule has 2 aromatic carbocycles. The Kier molecular flexibility index (Phi) is 6.03. The van der Waals surface area contributed by atoms with Gasteiger partial charge < -0.3 is 4.90 Å². The van der Waals surface area contributed by atoms with Gasteiger partial charge in [-0.2, -0.15) is 0 Å². The molecule has 0 N–H and O–H groups in total. The fourth-order valence-electron chi connectivity index (χ4n) is 2.72. The Morgan fingerprint density at radius 2 is 1.61 bits per heavy atom. The predicted molar refractivity (Wildman–Crippen MR) is 95.4 cm³/mol. The second-order valence-electron chi connectivity index (χ2n) is 6.18. The summed E-state index contributed by atoms with van der Waals surface area (Å²) in [6, 6.07) is 12.2. The molecule has 0 fully saturated rings. The van der Waals surface area contributed by atoms with Crippen LogP contribution in [0.15, 0.2) is 60.8 Å². The average Bonchev–Trinajstić information content (AvgIpc) is 2.70. The van der Waals surface area contributed by atoms with Gasteiger partial charge in [-0.1, -0.05) is 18.2 Å².